The Morgan fingerprint density at radius 2 is 2.09 bits per heavy atom. The van der Waals surface area contributed by atoms with Crippen LogP contribution in [0.2, 0.25) is 0 Å². The average Bonchev–Trinajstić information content (AvgIpc) is 3.19. The van der Waals surface area contributed by atoms with Crippen molar-refractivity contribution >= 4 is 29.6 Å². The van der Waals surface area contributed by atoms with Crippen LogP contribution < -0.4 is 10.2 Å². The quantitative estimate of drug-likeness (QED) is 0.206. The van der Waals surface area contributed by atoms with E-state index in [0.29, 0.717) is 5.69 Å². The highest BCUT2D eigenvalue weighted by molar-refractivity contribution is 6.12. The Hall–Kier alpha value is -4.05. The molecule has 0 spiro atoms. The van der Waals surface area contributed by atoms with Crippen molar-refractivity contribution in [2.45, 2.75) is 44.9 Å². The zero-order chi connectivity index (χ0) is 25.8. The van der Waals surface area contributed by atoms with Crippen LogP contribution in [0.1, 0.15) is 47.9 Å². The van der Waals surface area contributed by atoms with E-state index in [4.69, 9.17) is 15.0 Å². The van der Waals surface area contributed by atoms with Gasteiger partial charge in [0.15, 0.2) is 0 Å². The molecule has 1 N–H and O–H groups in total. The molecule has 186 valence electrons. The predicted molar refractivity (Wildman–Crippen MR) is 126 cm³/mol. The number of fused-ring (bicyclic) bond motifs is 2. The summed E-state index contributed by atoms with van der Waals surface area (Å²) in [5.41, 5.74) is 8.72. The molecule has 1 saturated heterocycles. The fourth-order valence-corrected chi connectivity index (χ4v) is 3.98. The van der Waals surface area contributed by atoms with Gasteiger partial charge in [-0.05, 0) is 50.9 Å². The van der Waals surface area contributed by atoms with E-state index in [2.05, 4.69) is 21.9 Å². The first-order valence-corrected chi connectivity index (χ1v) is 11.1. The van der Waals surface area contributed by atoms with E-state index >= 15 is 0 Å². The van der Waals surface area contributed by atoms with Gasteiger partial charge in [-0.3, -0.25) is 9.59 Å². The van der Waals surface area contributed by atoms with Crippen LogP contribution in [-0.2, 0) is 14.3 Å². The molecule has 3 rings (SSSR count). The van der Waals surface area contributed by atoms with Crippen molar-refractivity contribution < 1.29 is 28.7 Å². The number of carbonyl (C=O) groups is 4. The number of nitrogens with one attached hydrogen (secondary N) is 1. The molecule has 12 nitrogen and oxygen atoms in total. The Bertz CT molecular complexity index is 1090. The Balaban J connectivity index is 1.92. The second-order valence-corrected chi connectivity index (χ2v) is 9.11. The van der Waals surface area contributed by atoms with E-state index in [1.54, 1.807) is 20.8 Å². The average molecular weight is 485 g/mol. The van der Waals surface area contributed by atoms with Gasteiger partial charge in [0.2, 0.25) is 5.91 Å². The smallest absolute Gasteiger partial charge is 0.407 e. The molecule has 2 aliphatic rings. The minimum atomic E-state index is -0.844. The molecule has 2 heterocycles. The third-order valence-corrected chi connectivity index (χ3v) is 5.40. The highest BCUT2D eigenvalue weighted by Crippen LogP contribution is 2.34. The first kappa shape index (κ1) is 25.6. The highest BCUT2D eigenvalue weighted by atomic mass is 16.6. The van der Waals surface area contributed by atoms with Gasteiger partial charge in [-0.2, -0.15) is 0 Å². The zero-order valence-electron chi connectivity index (χ0n) is 19.9. The SMILES string of the molecule is C=CCOC(=O)c1ccc2c(c1)C(=O)N1C[C@@H](N=[N+]=[N-])C[C@H]1C(=O)N2CCNC(=O)OC(C)(C)C. The summed E-state index contributed by atoms with van der Waals surface area (Å²) in [6.45, 7) is 8.90. The number of hydrogen-bond donors (Lipinski definition) is 1. The van der Waals surface area contributed by atoms with Crippen LogP contribution in [0.5, 0.6) is 0 Å². The summed E-state index contributed by atoms with van der Waals surface area (Å²) in [6.07, 6.45) is 0.963. The van der Waals surface area contributed by atoms with Crippen LogP contribution in [0, 0.1) is 0 Å². The van der Waals surface area contributed by atoms with Crippen LogP contribution >= 0.6 is 0 Å². The van der Waals surface area contributed by atoms with E-state index < -0.39 is 35.7 Å². The van der Waals surface area contributed by atoms with Crippen molar-refractivity contribution in [1.82, 2.24) is 10.2 Å². The normalized spacial score (nSPS) is 19.2. The van der Waals surface area contributed by atoms with Crippen LogP contribution in [-0.4, -0.2) is 72.7 Å². The number of benzene rings is 1. The van der Waals surface area contributed by atoms with Gasteiger partial charge in [0.05, 0.1) is 22.9 Å². The first-order chi connectivity index (χ1) is 16.6. The van der Waals surface area contributed by atoms with Crippen LogP contribution in [0.25, 0.3) is 10.4 Å². The van der Waals surface area contributed by atoms with Crippen molar-refractivity contribution in [3.05, 3.63) is 52.4 Å². The molecule has 0 saturated carbocycles. The van der Waals surface area contributed by atoms with Crippen LogP contribution in [0.3, 0.4) is 0 Å². The van der Waals surface area contributed by atoms with E-state index in [1.807, 2.05) is 0 Å². The van der Waals surface area contributed by atoms with Gasteiger partial charge in [0.1, 0.15) is 18.2 Å². The third kappa shape index (κ3) is 5.90. The van der Waals surface area contributed by atoms with Gasteiger partial charge in [-0.25, -0.2) is 9.59 Å². The molecule has 0 unspecified atom stereocenters. The lowest BCUT2D eigenvalue weighted by molar-refractivity contribution is -0.122. The van der Waals surface area contributed by atoms with Crippen LogP contribution in [0.4, 0.5) is 10.5 Å². The van der Waals surface area contributed by atoms with E-state index in [1.165, 1.54) is 34.1 Å². The molecule has 1 fully saturated rings. The second-order valence-electron chi connectivity index (χ2n) is 9.11. The Kier molecular flexibility index (Phi) is 7.65. The summed E-state index contributed by atoms with van der Waals surface area (Å²) >= 11 is 0. The molecule has 12 heteroatoms. The summed E-state index contributed by atoms with van der Waals surface area (Å²) in [6, 6.07) is 2.97. The molecule has 2 atom stereocenters. The number of azide groups is 1. The molecular formula is C23H28N6O6. The summed E-state index contributed by atoms with van der Waals surface area (Å²) in [7, 11) is 0. The maximum absolute atomic E-state index is 13.5. The van der Waals surface area contributed by atoms with E-state index in [-0.39, 0.29) is 49.7 Å². The van der Waals surface area contributed by atoms with Gasteiger partial charge >= 0.3 is 12.1 Å². The molecule has 0 radical (unpaired) electrons. The van der Waals surface area contributed by atoms with Crippen molar-refractivity contribution in [3.63, 3.8) is 0 Å². The van der Waals surface area contributed by atoms with Crippen molar-refractivity contribution in [1.29, 1.82) is 0 Å². The van der Waals surface area contributed by atoms with Gasteiger partial charge in [-0.1, -0.05) is 17.8 Å². The van der Waals surface area contributed by atoms with Crippen molar-refractivity contribution in [2.24, 2.45) is 5.11 Å². The number of carbonyl (C=O) groups excluding carboxylic acids is 4. The molecule has 1 aromatic carbocycles. The maximum Gasteiger partial charge on any atom is 0.407 e. The number of anilines is 1. The molecule has 0 aromatic heterocycles. The Morgan fingerprint density at radius 1 is 1.34 bits per heavy atom. The summed E-state index contributed by atoms with van der Waals surface area (Å²) in [5, 5.41) is 6.29. The third-order valence-electron chi connectivity index (χ3n) is 5.40. The number of hydrogen-bond acceptors (Lipinski definition) is 7. The molecule has 2 aliphatic heterocycles. The van der Waals surface area contributed by atoms with Gasteiger partial charge in [0, 0.05) is 24.5 Å². The number of nitrogens with zero attached hydrogens (tertiary/aromatic N) is 5. The number of ether oxygens (including phenoxy) is 2. The molecule has 0 aliphatic carbocycles. The molecule has 35 heavy (non-hydrogen) atoms. The topological polar surface area (TPSA) is 154 Å². The second kappa shape index (κ2) is 10.5. The summed E-state index contributed by atoms with van der Waals surface area (Å²) < 4.78 is 10.3. The molecule has 3 amide bonds. The fraction of sp³-hybridized carbons (Fsp3) is 0.478. The number of alkyl carbamates (subject to hydrolysis) is 1. The Labute approximate surface area is 202 Å². The fourth-order valence-electron chi connectivity index (χ4n) is 3.98. The van der Waals surface area contributed by atoms with Crippen molar-refractivity contribution in [2.75, 3.05) is 31.1 Å². The standard InChI is InChI=1S/C23H28N6O6/c1-5-10-34-21(32)14-6-7-17-16(11-14)19(30)29-13-15(26-27-24)12-18(29)20(31)28(17)9-8-25-22(33)35-23(2,3)4/h5-7,11,15,18H,1,8-10,12-13H2,2-4H3,(H,25,33)/t15-,18-/m0/s1. The summed E-state index contributed by atoms with van der Waals surface area (Å²) in [5.74, 6) is -1.48. The zero-order valence-corrected chi connectivity index (χ0v) is 19.9. The summed E-state index contributed by atoms with van der Waals surface area (Å²) in [4.78, 5) is 56.9. The van der Waals surface area contributed by atoms with E-state index in [9.17, 15) is 19.2 Å². The molecule has 0 bridgehead atoms. The Morgan fingerprint density at radius 3 is 2.74 bits per heavy atom. The van der Waals surface area contributed by atoms with Gasteiger partial charge in [-0.15, -0.1) is 0 Å². The number of amides is 3. The highest BCUT2D eigenvalue weighted by Gasteiger charge is 2.45. The van der Waals surface area contributed by atoms with Gasteiger partial charge < -0.3 is 24.6 Å². The molecular weight excluding hydrogens is 456 g/mol. The number of rotatable bonds is 7. The van der Waals surface area contributed by atoms with E-state index in [0.717, 1.165) is 0 Å². The minimum Gasteiger partial charge on any atom is -0.458 e. The van der Waals surface area contributed by atoms with Crippen LogP contribution in [0.15, 0.2) is 36.0 Å². The predicted octanol–water partition coefficient (Wildman–Crippen LogP) is 2.79. The lowest BCUT2D eigenvalue weighted by atomic mass is 10.1. The van der Waals surface area contributed by atoms with Crippen molar-refractivity contribution in [3.8, 4) is 0 Å². The maximum atomic E-state index is 13.5. The largest absolute Gasteiger partial charge is 0.458 e. The lowest BCUT2D eigenvalue weighted by Crippen LogP contribution is -2.47. The minimum absolute atomic E-state index is 0.00680. The van der Waals surface area contributed by atoms with Gasteiger partial charge in [0.25, 0.3) is 5.91 Å². The first-order valence-electron chi connectivity index (χ1n) is 11.1. The lowest BCUT2D eigenvalue weighted by Gasteiger charge is -2.26. The monoisotopic (exact) mass is 484 g/mol. The number of esters is 1. The molecule has 1 aromatic rings.